The van der Waals surface area contributed by atoms with Gasteiger partial charge in [-0.25, -0.2) is 4.98 Å². The molecule has 2 rings (SSSR count). The molecule has 1 atom stereocenters. The fraction of sp³-hybridized carbons (Fsp3) is 0.545. The van der Waals surface area contributed by atoms with E-state index in [1.807, 2.05) is 4.90 Å². The molecule has 7 nitrogen and oxygen atoms in total. The number of hydrogen-bond donors (Lipinski definition) is 1. The fourth-order valence-corrected chi connectivity index (χ4v) is 2.10. The van der Waals surface area contributed by atoms with Crippen LogP contribution in [0.5, 0.6) is 6.01 Å². The number of halogens is 1. The second-order valence-electron chi connectivity index (χ2n) is 4.06. The molecule has 1 aromatic heterocycles. The van der Waals surface area contributed by atoms with Crippen molar-refractivity contribution in [3.8, 4) is 6.01 Å². The first-order chi connectivity index (χ1) is 9.10. The summed E-state index contributed by atoms with van der Waals surface area (Å²) in [4.78, 5) is 20.7. The van der Waals surface area contributed by atoms with Crippen molar-refractivity contribution in [3.05, 3.63) is 11.2 Å². The molecule has 0 saturated carbocycles. The van der Waals surface area contributed by atoms with E-state index in [-0.39, 0.29) is 18.5 Å². The van der Waals surface area contributed by atoms with Crippen molar-refractivity contribution in [2.24, 2.45) is 0 Å². The number of methoxy groups -OCH3 is 1. The highest BCUT2D eigenvalue weighted by atomic mass is 35.5. The largest absolute Gasteiger partial charge is 0.481 e. The van der Waals surface area contributed by atoms with Crippen LogP contribution in [0.15, 0.2) is 6.20 Å². The Balaban J connectivity index is 2.14. The Hall–Kier alpha value is -1.60. The zero-order chi connectivity index (χ0) is 13.8. The van der Waals surface area contributed by atoms with Crippen LogP contribution >= 0.6 is 11.6 Å². The van der Waals surface area contributed by atoms with Gasteiger partial charge in [0.1, 0.15) is 5.02 Å². The lowest BCUT2D eigenvalue weighted by Gasteiger charge is -2.33. The van der Waals surface area contributed by atoms with Gasteiger partial charge in [-0.3, -0.25) is 4.79 Å². The first-order valence-corrected chi connectivity index (χ1v) is 6.13. The second kappa shape index (κ2) is 6.03. The summed E-state index contributed by atoms with van der Waals surface area (Å²) < 4.78 is 10.4. The Bertz CT molecular complexity index is 471. The Kier molecular flexibility index (Phi) is 4.39. The van der Waals surface area contributed by atoms with Crippen molar-refractivity contribution >= 4 is 23.4 Å². The van der Waals surface area contributed by atoms with Gasteiger partial charge in [-0.05, 0) is 0 Å². The Labute approximate surface area is 115 Å². The summed E-state index contributed by atoms with van der Waals surface area (Å²) in [6.07, 6.45) is 1.05. The monoisotopic (exact) mass is 287 g/mol. The van der Waals surface area contributed by atoms with Gasteiger partial charge in [-0.2, -0.15) is 4.98 Å². The van der Waals surface area contributed by atoms with Gasteiger partial charge >= 0.3 is 12.0 Å². The summed E-state index contributed by atoms with van der Waals surface area (Å²) >= 11 is 6.06. The van der Waals surface area contributed by atoms with Crippen LogP contribution in [0.4, 0.5) is 5.82 Å². The molecule has 1 fully saturated rings. The number of aliphatic carboxylic acids is 1. The second-order valence-corrected chi connectivity index (χ2v) is 4.47. The molecule has 1 saturated heterocycles. The number of carboxylic acid groups (broad SMARTS) is 1. The van der Waals surface area contributed by atoms with Crippen molar-refractivity contribution < 1.29 is 19.4 Å². The number of anilines is 1. The number of aromatic nitrogens is 2. The van der Waals surface area contributed by atoms with Crippen LogP contribution in [0.2, 0.25) is 5.02 Å². The molecule has 1 aliphatic rings. The van der Waals surface area contributed by atoms with Gasteiger partial charge in [0.05, 0.1) is 32.4 Å². The molecular weight excluding hydrogens is 274 g/mol. The summed E-state index contributed by atoms with van der Waals surface area (Å²) in [5.74, 6) is -0.356. The highest BCUT2D eigenvalue weighted by Gasteiger charge is 2.25. The van der Waals surface area contributed by atoms with Gasteiger partial charge in [0.25, 0.3) is 0 Å². The smallest absolute Gasteiger partial charge is 0.318 e. The van der Waals surface area contributed by atoms with E-state index in [1.54, 1.807) is 0 Å². The zero-order valence-electron chi connectivity index (χ0n) is 10.4. The lowest BCUT2D eigenvalue weighted by Crippen LogP contribution is -2.43. The number of carbonyl (C=O) groups is 1. The quantitative estimate of drug-likeness (QED) is 0.877. The van der Waals surface area contributed by atoms with Gasteiger partial charge < -0.3 is 19.5 Å². The fourth-order valence-electron chi connectivity index (χ4n) is 1.89. The lowest BCUT2D eigenvalue weighted by molar-refractivity contribution is -0.140. The number of ether oxygens (including phenoxy) is 2. The SMILES string of the molecule is COc1ncc(Cl)c(N2CCOC(CC(=O)O)C2)n1. The van der Waals surface area contributed by atoms with Crippen molar-refractivity contribution in [2.45, 2.75) is 12.5 Å². The van der Waals surface area contributed by atoms with E-state index in [0.29, 0.717) is 30.5 Å². The normalized spacial score (nSPS) is 19.3. The summed E-state index contributed by atoms with van der Waals surface area (Å²) in [5, 5.41) is 9.19. The molecule has 0 aliphatic carbocycles. The van der Waals surface area contributed by atoms with Crippen molar-refractivity contribution in [2.75, 3.05) is 31.7 Å². The topological polar surface area (TPSA) is 84.8 Å². The van der Waals surface area contributed by atoms with Gasteiger partial charge in [0.2, 0.25) is 0 Å². The highest BCUT2D eigenvalue weighted by molar-refractivity contribution is 6.32. The van der Waals surface area contributed by atoms with E-state index in [1.165, 1.54) is 13.3 Å². The van der Waals surface area contributed by atoms with Crippen LogP contribution < -0.4 is 9.64 Å². The van der Waals surface area contributed by atoms with Crippen molar-refractivity contribution in [3.63, 3.8) is 0 Å². The van der Waals surface area contributed by atoms with E-state index in [9.17, 15) is 4.79 Å². The molecule has 0 aromatic carbocycles. The molecule has 0 spiro atoms. The molecule has 1 N–H and O–H groups in total. The summed E-state index contributed by atoms with van der Waals surface area (Å²) in [5.41, 5.74) is 0. The Morgan fingerprint density at radius 1 is 1.74 bits per heavy atom. The van der Waals surface area contributed by atoms with Crippen LogP contribution in [0.1, 0.15) is 6.42 Å². The molecule has 1 aliphatic heterocycles. The van der Waals surface area contributed by atoms with Gasteiger partial charge in [-0.15, -0.1) is 0 Å². The van der Waals surface area contributed by atoms with Crippen LogP contribution in [-0.4, -0.2) is 54.0 Å². The predicted octanol–water partition coefficient (Wildman–Crippen LogP) is 0.819. The molecule has 0 radical (unpaired) electrons. The third-order valence-electron chi connectivity index (χ3n) is 2.73. The van der Waals surface area contributed by atoms with Crippen LogP contribution in [0, 0.1) is 0 Å². The van der Waals surface area contributed by atoms with Gasteiger partial charge in [0.15, 0.2) is 5.82 Å². The third kappa shape index (κ3) is 3.45. The molecular formula is C11H14ClN3O4. The highest BCUT2D eigenvalue weighted by Crippen LogP contribution is 2.26. The molecule has 1 aromatic rings. The van der Waals surface area contributed by atoms with E-state index < -0.39 is 5.97 Å². The van der Waals surface area contributed by atoms with Crippen molar-refractivity contribution in [1.82, 2.24) is 9.97 Å². The lowest BCUT2D eigenvalue weighted by atomic mass is 10.2. The molecule has 2 heterocycles. The van der Waals surface area contributed by atoms with Crippen LogP contribution in [0.25, 0.3) is 0 Å². The summed E-state index contributed by atoms with van der Waals surface area (Å²) in [6.45, 7) is 1.45. The van der Waals surface area contributed by atoms with E-state index in [4.69, 9.17) is 26.2 Å². The number of carboxylic acids is 1. The standard InChI is InChI=1S/C11H14ClN3O4/c1-18-11-13-5-8(12)10(14-11)15-2-3-19-7(6-15)4-9(16)17/h5,7H,2-4,6H2,1H3,(H,16,17). The average molecular weight is 288 g/mol. The van der Waals surface area contributed by atoms with Gasteiger partial charge in [0, 0.05) is 13.1 Å². The maximum Gasteiger partial charge on any atom is 0.318 e. The zero-order valence-corrected chi connectivity index (χ0v) is 11.1. The Morgan fingerprint density at radius 3 is 3.21 bits per heavy atom. The van der Waals surface area contributed by atoms with Gasteiger partial charge in [-0.1, -0.05) is 11.6 Å². The minimum atomic E-state index is -0.891. The van der Waals surface area contributed by atoms with Crippen molar-refractivity contribution in [1.29, 1.82) is 0 Å². The molecule has 19 heavy (non-hydrogen) atoms. The maximum atomic E-state index is 10.7. The first kappa shape index (κ1) is 13.8. The Morgan fingerprint density at radius 2 is 2.53 bits per heavy atom. The molecule has 8 heteroatoms. The van der Waals surface area contributed by atoms with E-state index in [0.717, 1.165) is 0 Å². The minimum absolute atomic E-state index is 0.0453. The summed E-state index contributed by atoms with van der Waals surface area (Å²) in [7, 11) is 1.47. The van der Waals surface area contributed by atoms with E-state index >= 15 is 0 Å². The van der Waals surface area contributed by atoms with Crippen LogP contribution in [0.3, 0.4) is 0 Å². The van der Waals surface area contributed by atoms with E-state index in [2.05, 4.69) is 9.97 Å². The molecule has 0 bridgehead atoms. The third-order valence-corrected chi connectivity index (χ3v) is 2.99. The predicted molar refractivity (Wildman–Crippen MR) is 67.8 cm³/mol. The number of hydrogen-bond acceptors (Lipinski definition) is 6. The average Bonchev–Trinajstić information content (AvgIpc) is 2.39. The number of nitrogens with zero attached hydrogens (tertiary/aromatic N) is 3. The van der Waals surface area contributed by atoms with Crippen LogP contribution in [-0.2, 0) is 9.53 Å². The summed E-state index contributed by atoms with van der Waals surface area (Å²) in [6, 6.07) is 0.223. The minimum Gasteiger partial charge on any atom is -0.481 e. The first-order valence-electron chi connectivity index (χ1n) is 5.75. The molecule has 104 valence electrons. The maximum absolute atomic E-state index is 10.7. The number of morpholine rings is 1. The molecule has 1 unspecified atom stereocenters. The number of rotatable bonds is 4. The molecule has 0 amide bonds.